The molecule has 0 aromatic carbocycles. The molecule has 2 aliphatic rings. The van der Waals surface area contributed by atoms with E-state index in [1.54, 1.807) is 0 Å². The first-order valence-corrected chi connectivity index (χ1v) is 6.24. The summed E-state index contributed by atoms with van der Waals surface area (Å²) in [5.74, 6) is 1.78. The molecule has 0 aromatic heterocycles. The second kappa shape index (κ2) is 3.84. The number of carbonyl (C=O) groups is 1. The molecule has 2 nitrogen and oxygen atoms in total. The number of hydrogen-bond donors (Lipinski definition) is 0. The number of rotatable bonds is 2. The predicted molar refractivity (Wildman–Crippen MR) is 62.6 cm³/mol. The molecular weight excluding hydrogens is 185 g/mol. The highest BCUT2D eigenvalue weighted by Crippen LogP contribution is 2.54. The highest BCUT2D eigenvalue weighted by atomic mass is 16.2. The first-order valence-electron chi connectivity index (χ1n) is 6.24. The lowest BCUT2D eigenvalue weighted by molar-refractivity contribution is -0.135. The topological polar surface area (TPSA) is 20.3 Å². The van der Waals surface area contributed by atoms with E-state index < -0.39 is 0 Å². The second-order valence-corrected chi connectivity index (χ2v) is 5.28. The average molecular weight is 206 g/mol. The van der Waals surface area contributed by atoms with Gasteiger partial charge in [0.05, 0.1) is 0 Å². The second-order valence-electron chi connectivity index (χ2n) is 5.28. The summed E-state index contributed by atoms with van der Waals surface area (Å²) in [4.78, 5) is 14.1. The molecule has 0 N–H and O–H groups in total. The molecule has 1 aliphatic carbocycles. The van der Waals surface area contributed by atoms with Gasteiger partial charge in [-0.1, -0.05) is 26.7 Å². The summed E-state index contributed by atoms with van der Waals surface area (Å²) in [7, 11) is 3.99. The Morgan fingerprint density at radius 1 is 1.47 bits per heavy atom. The molecule has 2 rings (SSSR count). The van der Waals surface area contributed by atoms with Crippen LogP contribution in [0.15, 0.2) is 0 Å². The number of carbonyl (C=O) groups excluding carboxylic acids is 1. The zero-order valence-corrected chi connectivity index (χ0v) is 10.1. The Labute approximate surface area is 93.7 Å². The molecular formula is C12H21BNO. The van der Waals surface area contributed by atoms with Crippen molar-refractivity contribution in [3.8, 4) is 0 Å². The van der Waals surface area contributed by atoms with Crippen LogP contribution in [0.25, 0.3) is 0 Å². The smallest absolute Gasteiger partial charge is 0.250 e. The van der Waals surface area contributed by atoms with Crippen molar-refractivity contribution in [3.63, 3.8) is 0 Å². The van der Waals surface area contributed by atoms with Crippen molar-refractivity contribution in [1.82, 2.24) is 4.81 Å². The van der Waals surface area contributed by atoms with Crippen molar-refractivity contribution >= 4 is 13.3 Å². The van der Waals surface area contributed by atoms with Gasteiger partial charge in [-0.05, 0) is 38.0 Å². The van der Waals surface area contributed by atoms with Gasteiger partial charge in [0.2, 0.25) is 5.91 Å². The molecule has 3 unspecified atom stereocenters. The molecule has 1 saturated heterocycles. The number of amides is 1. The lowest BCUT2D eigenvalue weighted by Crippen LogP contribution is -2.35. The molecule has 1 amide bonds. The van der Waals surface area contributed by atoms with Crippen LogP contribution in [0.2, 0.25) is 6.32 Å². The van der Waals surface area contributed by atoms with E-state index in [1.807, 2.05) is 11.9 Å². The Kier molecular flexibility index (Phi) is 2.82. The van der Waals surface area contributed by atoms with Gasteiger partial charge in [-0.15, -0.1) is 0 Å². The summed E-state index contributed by atoms with van der Waals surface area (Å²) in [5.41, 5.74) is -0.00975. The normalized spacial score (nSPS) is 40.2. The number of hydrogen-bond acceptors (Lipinski definition) is 1. The molecule has 3 heteroatoms. The van der Waals surface area contributed by atoms with E-state index in [9.17, 15) is 4.79 Å². The Bertz CT molecular complexity index is 268. The minimum atomic E-state index is -0.00975. The van der Waals surface area contributed by atoms with E-state index in [4.69, 9.17) is 0 Å². The third-order valence-corrected chi connectivity index (χ3v) is 4.60. The average Bonchev–Trinajstić information content (AvgIpc) is 2.75. The molecule has 3 atom stereocenters. The van der Waals surface area contributed by atoms with Gasteiger partial charge < -0.3 is 4.81 Å². The largest absolute Gasteiger partial charge is 0.393 e. The Hall–Kier alpha value is -0.465. The fraction of sp³-hybridized carbons (Fsp3) is 0.917. The molecule has 83 valence electrons. The van der Waals surface area contributed by atoms with Crippen molar-refractivity contribution < 1.29 is 4.79 Å². The maximum absolute atomic E-state index is 12.3. The van der Waals surface area contributed by atoms with Gasteiger partial charge in [0.1, 0.15) is 0 Å². The minimum Gasteiger partial charge on any atom is -0.393 e. The van der Waals surface area contributed by atoms with Crippen LogP contribution < -0.4 is 0 Å². The van der Waals surface area contributed by atoms with Gasteiger partial charge in [0, 0.05) is 5.41 Å². The fourth-order valence-corrected chi connectivity index (χ4v) is 3.59. The van der Waals surface area contributed by atoms with Crippen LogP contribution in [0, 0.1) is 17.3 Å². The SMILES string of the molecule is CCC1CC(CC)C2(C[B]N(C)C2=O)C1. The summed E-state index contributed by atoms with van der Waals surface area (Å²) >= 11 is 0. The standard InChI is InChI=1S/C12H21BNO/c1-4-9-6-10(5-2)12(7-9)8-13-14(3)11(12)15/h9-10H,4-8H2,1-3H3. The van der Waals surface area contributed by atoms with Crippen molar-refractivity contribution in [1.29, 1.82) is 0 Å². The van der Waals surface area contributed by atoms with E-state index in [-0.39, 0.29) is 5.41 Å². The summed E-state index contributed by atoms with van der Waals surface area (Å²) in [6.07, 6.45) is 5.76. The maximum Gasteiger partial charge on any atom is 0.250 e. The highest BCUT2D eigenvalue weighted by Gasteiger charge is 2.54. The monoisotopic (exact) mass is 206 g/mol. The molecule has 1 heterocycles. The van der Waals surface area contributed by atoms with Crippen LogP contribution >= 0.6 is 0 Å². The molecule has 1 spiro atoms. The van der Waals surface area contributed by atoms with Gasteiger partial charge in [-0.25, -0.2) is 0 Å². The molecule has 2 fully saturated rings. The van der Waals surface area contributed by atoms with Crippen LogP contribution in [-0.2, 0) is 4.79 Å². The third kappa shape index (κ3) is 1.51. The van der Waals surface area contributed by atoms with Crippen molar-refractivity contribution in [2.75, 3.05) is 7.05 Å². The number of nitrogens with zero attached hydrogens (tertiary/aromatic N) is 1. The van der Waals surface area contributed by atoms with Crippen LogP contribution in [0.3, 0.4) is 0 Å². The van der Waals surface area contributed by atoms with Crippen molar-refractivity contribution in [3.05, 3.63) is 0 Å². The van der Waals surface area contributed by atoms with Crippen LogP contribution in [0.5, 0.6) is 0 Å². The lowest BCUT2D eigenvalue weighted by atomic mass is 9.68. The molecule has 0 aromatic rings. The first-order chi connectivity index (χ1) is 7.14. The van der Waals surface area contributed by atoms with E-state index >= 15 is 0 Å². The quantitative estimate of drug-likeness (QED) is 0.635. The zero-order chi connectivity index (χ0) is 11.1. The molecule has 1 saturated carbocycles. The summed E-state index contributed by atoms with van der Waals surface area (Å²) in [6, 6.07) is 0. The summed E-state index contributed by atoms with van der Waals surface area (Å²) < 4.78 is 0. The van der Waals surface area contributed by atoms with E-state index in [1.165, 1.54) is 12.8 Å². The molecule has 1 aliphatic heterocycles. The van der Waals surface area contributed by atoms with E-state index in [0.717, 1.165) is 25.1 Å². The fourth-order valence-electron chi connectivity index (χ4n) is 3.59. The summed E-state index contributed by atoms with van der Waals surface area (Å²) in [6.45, 7) is 4.49. The highest BCUT2D eigenvalue weighted by molar-refractivity contribution is 6.41. The third-order valence-electron chi connectivity index (χ3n) is 4.60. The van der Waals surface area contributed by atoms with Crippen LogP contribution in [0.4, 0.5) is 0 Å². The molecule has 0 bridgehead atoms. The van der Waals surface area contributed by atoms with Crippen molar-refractivity contribution in [2.45, 2.75) is 45.9 Å². The van der Waals surface area contributed by atoms with Gasteiger partial charge in [-0.3, -0.25) is 4.79 Å². The van der Waals surface area contributed by atoms with Crippen LogP contribution in [-0.4, -0.2) is 25.2 Å². The van der Waals surface area contributed by atoms with E-state index in [0.29, 0.717) is 11.8 Å². The minimum absolute atomic E-state index is 0.00975. The van der Waals surface area contributed by atoms with Crippen LogP contribution in [0.1, 0.15) is 39.5 Å². The lowest BCUT2D eigenvalue weighted by Gasteiger charge is -2.29. The molecule has 1 radical (unpaired) electrons. The Balaban J connectivity index is 2.23. The first kappa shape index (κ1) is 11.0. The van der Waals surface area contributed by atoms with Gasteiger partial charge in [0.15, 0.2) is 0 Å². The predicted octanol–water partition coefficient (Wildman–Crippen LogP) is 2.33. The van der Waals surface area contributed by atoms with Gasteiger partial charge in [0.25, 0.3) is 7.41 Å². The zero-order valence-electron chi connectivity index (χ0n) is 10.1. The summed E-state index contributed by atoms with van der Waals surface area (Å²) in [5, 5.41) is 0. The van der Waals surface area contributed by atoms with E-state index in [2.05, 4.69) is 21.3 Å². The Morgan fingerprint density at radius 2 is 2.20 bits per heavy atom. The van der Waals surface area contributed by atoms with Gasteiger partial charge in [-0.2, -0.15) is 0 Å². The van der Waals surface area contributed by atoms with Gasteiger partial charge >= 0.3 is 0 Å². The Morgan fingerprint density at radius 3 is 2.67 bits per heavy atom. The van der Waals surface area contributed by atoms with Crippen molar-refractivity contribution in [2.24, 2.45) is 17.3 Å². The maximum atomic E-state index is 12.3. The molecule has 15 heavy (non-hydrogen) atoms.